The third kappa shape index (κ3) is 4.50. The second kappa shape index (κ2) is 8.13. The van der Waals surface area contributed by atoms with Gasteiger partial charge < -0.3 is 20.0 Å². The summed E-state index contributed by atoms with van der Waals surface area (Å²) in [5, 5.41) is 3.42. The van der Waals surface area contributed by atoms with E-state index in [9.17, 15) is 0 Å². The van der Waals surface area contributed by atoms with Crippen molar-refractivity contribution in [2.45, 2.75) is 19.8 Å². The lowest BCUT2D eigenvalue weighted by molar-refractivity contribution is 0.312. The fourth-order valence-electron chi connectivity index (χ4n) is 3.79. The van der Waals surface area contributed by atoms with Gasteiger partial charge >= 0.3 is 0 Å². The SMILES string of the molecule is CC1CCN(c2ccc(Nc3cc(N4CCN(C)CC4)ncn3)cc2)CC1. The Balaban J connectivity index is 1.39. The van der Waals surface area contributed by atoms with E-state index in [0.29, 0.717) is 0 Å². The topological polar surface area (TPSA) is 47.5 Å². The standard InChI is InChI=1S/C21H30N6/c1-17-7-9-26(10-8-17)19-5-3-18(4-6-19)24-20-15-21(23-16-22-20)27-13-11-25(2)12-14-27/h3-6,15-17H,7-14H2,1-2H3,(H,22,23,24). The fourth-order valence-corrected chi connectivity index (χ4v) is 3.79. The summed E-state index contributed by atoms with van der Waals surface area (Å²) in [6.07, 6.45) is 4.23. The first kappa shape index (κ1) is 18.0. The Kier molecular flexibility index (Phi) is 5.43. The number of rotatable bonds is 4. The molecule has 0 unspecified atom stereocenters. The monoisotopic (exact) mass is 366 g/mol. The maximum atomic E-state index is 4.46. The van der Waals surface area contributed by atoms with Gasteiger partial charge in [-0.2, -0.15) is 0 Å². The van der Waals surface area contributed by atoms with Crippen LogP contribution in [0.5, 0.6) is 0 Å². The van der Waals surface area contributed by atoms with Crippen molar-refractivity contribution in [3.8, 4) is 0 Å². The van der Waals surface area contributed by atoms with Crippen LogP contribution in [-0.4, -0.2) is 61.2 Å². The molecule has 1 N–H and O–H groups in total. The van der Waals surface area contributed by atoms with E-state index >= 15 is 0 Å². The quantitative estimate of drug-likeness (QED) is 0.897. The van der Waals surface area contributed by atoms with Crippen LogP contribution in [0.25, 0.3) is 0 Å². The Hall–Kier alpha value is -2.34. The van der Waals surface area contributed by atoms with E-state index < -0.39 is 0 Å². The first-order valence-electron chi connectivity index (χ1n) is 10.0. The van der Waals surface area contributed by atoms with Crippen molar-refractivity contribution in [3.63, 3.8) is 0 Å². The number of aromatic nitrogens is 2. The number of piperidine rings is 1. The Morgan fingerprint density at radius 1 is 0.889 bits per heavy atom. The molecule has 6 heteroatoms. The highest BCUT2D eigenvalue weighted by Gasteiger charge is 2.17. The lowest BCUT2D eigenvalue weighted by Gasteiger charge is -2.33. The second-order valence-electron chi connectivity index (χ2n) is 7.89. The number of anilines is 4. The lowest BCUT2D eigenvalue weighted by atomic mass is 9.99. The average molecular weight is 367 g/mol. The predicted octanol–water partition coefficient (Wildman–Crippen LogP) is 3.21. The summed E-state index contributed by atoms with van der Waals surface area (Å²) in [6.45, 7) is 8.84. The molecular weight excluding hydrogens is 336 g/mol. The molecule has 2 aromatic rings. The van der Waals surface area contributed by atoms with Crippen LogP contribution in [0.1, 0.15) is 19.8 Å². The van der Waals surface area contributed by atoms with Gasteiger partial charge in [0.1, 0.15) is 18.0 Å². The van der Waals surface area contributed by atoms with E-state index in [-0.39, 0.29) is 0 Å². The van der Waals surface area contributed by atoms with Gasteiger partial charge in [0.05, 0.1) is 0 Å². The Morgan fingerprint density at radius 3 is 2.30 bits per heavy atom. The summed E-state index contributed by atoms with van der Waals surface area (Å²) >= 11 is 0. The number of hydrogen-bond acceptors (Lipinski definition) is 6. The summed E-state index contributed by atoms with van der Waals surface area (Å²) in [5.41, 5.74) is 2.38. The summed E-state index contributed by atoms with van der Waals surface area (Å²) < 4.78 is 0. The van der Waals surface area contributed by atoms with Crippen molar-refractivity contribution in [1.82, 2.24) is 14.9 Å². The minimum atomic E-state index is 0.846. The van der Waals surface area contributed by atoms with Gasteiger partial charge in [-0.1, -0.05) is 6.92 Å². The highest BCUT2D eigenvalue weighted by molar-refractivity contribution is 5.62. The molecule has 3 heterocycles. The molecule has 27 heavy (non-hydrogen) atoms. The maximum Gasteiger partial charge on any atom is 0.135 e. The van der Waals surface area contributed by atoms with E-state index in [0.717, 1.165) is 62.5 Å². The number of likely N-dealkylation sites (N-methyl/N-ethyl adjacent to an activating group) is 1. The summed E-state index contributed by atoms with van der Waals surface area (Å²) in [7, 11) is 2.17. The second-order valence-corrected chi connectivity index (χ2v) is 7.89. The van der Waals surface area contributed by atoms with Crippen molar-refractivity contribution in [2.75, 3.05) is 61.4 Å². The van der Waals surface area contributed by atoms with E-state index in [1.807, 2.05) is 6.07 Å². The predicted molar refractivity (Wildman–Crippen MR) is 112 cm³/mol. The van der Waals surface area contributed by atoms with Crippen LogP contribution in [0.15, 0.2) is 36.7 Å². The molecule has 0 saturated carbocycles. The van der Waals surface area contributed by atoms with Crippen molar-refractivity contribution < 1.29 is 0 Å². The highest BCUT2D eigenvalue weighted by Crippen LogP contribution is 2.25. The minimum absolute atomic E-state index is 0.846. The summed E-state index contributed by atoms with van der Waals surface area (Å²) in [4.78, 5) is 16.0. The van der Waals surface area contributed by atoms with Crippen LogP contribution in [-0.2, 0) is 0 Å². The first-order valence-corrected chi connectivity index (χ1v) is 10.0. The van der Waals surface area contributed by atoms with Crippen molar-refractivity contribution in [1.29, 1.82) is 0 Å². The molecule has 2 saturated heterocycles. The number of benzene rings is 1. The van der Waals surface area contributed by atoms with Crippen LogP contribution in [0.4, 0.5) is 23.0 Å². The smallest absolute Gasteiger partial charge is 0.135 e. The van der Waals surface area contributed by atoms with E-state index in [1.165, 1.54) is 18.5 Å². The molecule has 1 aromatic heterocycles. The Morgan fingerprint density at radius 2 is 1.59 bits per heavy atom. The van der Waals surface area contributed by atoms with Crippen molar-refractivity contribution in [2.24, 2.45) is 5.92 Å². The van der Waals surface area contributed by atoms with Gasteiger partial charge in [0.15, 0.2) is 0 Å². The van der Waals surface area contributed by atoms with Gasteiger partial charge in [-0.15, -0.1) is 0 Å². The molecule has 0 spiro atoms. The molecule has 0 atom stereocenters. The van der Waals surface area contributed by atoms with Gasteiger partial charge in [0.25, 0.3) is 0 Å². The molecule has 0 bridgehead atoms. The van der Waals surface area contributed by atoms with Gasteiger partial charge in [0, 0.05) is 56.7 Å². The number of piperazine rings is 1. The molecule has 0 radical (unpaired) electrons. The van der Waals surface area contributed by atoms with Gasteiger partial charge in [-0.25, -0.2) is 9.97 Å². The van der Waals surface area contributed by atoms with E-state index in [4.69, 9.17) is 0 Å². The zero-order valence-corrected chi connectivity index (χ0v) is 16.4. The van der Waals surface area contributed by atoms with Crippen molar-refractivity contribution >= 4 is 23.0 Å². The molecule has 4 rings (SSSR count). The zero-order valence-electron chi connectivity index (χ0n) is 16.4. The minimum Gasteiger partial charge on any atom is -0.372 e. The van der Waals surface area contributed by atoms with Gasteiger partial charge in [-0.3, -0.25) is 0 Å². The molecule has 2 aliphatic rings. The van der Waals surface area contributed by atoms with E-state index in [1.54, 1.807) is 6.33 Å². The number of hydrogen-bond donors (Lipinski definition) is 1. The maximum absolute atomic E-state index is 4.46. The first-order chi connectivity index (χ1) is 13.2. The summed E-state index contributed by atoms with van der Waals surface area (Å²) in [6, 6.07) is 10.8. The third-order valence-corrected chi connectivity index (χ3v) is 5.77. The van der Waals surface area contributed by atoms with Crippen LogP contribution in [0.2, 0.25) is 0 Å². The molecule has 1 aromatic carbocycles. The largest absolute Gasteiger partial charge is 0.372 e. The van der Waals surface area contributed by atoms with E-state index in [2.05, 4.69) is 68.2 Å². The lowest BCUT2D eigenvalue weighted by Crippen LogP contribution is -2.44. The number of nitrogens with zero attached hydrogens (tertiary/aromatic N) is 5. The van der Waals surface area contributed by atoms with Crippen LogP contribution < -0.4 is 15.1 Å². The molecule has 2 fully saturated rings. The van der Waals surface area contributed by atoms with Gasteiger partial charge in [-0.05, 0) is 50.1 Å². The number of nitrogens with one attached hydrogen (secondary N) is 1. The molecule has 6 nitrogen and oxygen atoms in total. The molecule has 0 amide bonds. The normalized spacial score (nSPS) is 19.3. The van der Waals surface area contributed by atoms with Crippen LogP contribution in [0.3, 0.4) is 0 Å². The fraction of sp³-hybridized carbons (Fsp3) is 0.524. The zero-order chi connectivity index (χ0) is 18.6. The Bertz CT molecular complexity index is 731. The average Bonchev–Trinajstić information content (AvgIpc) is 2.70. The third-order valence-electron chi connectivity index (χ3n) is 5.77. The molecule has 144 valence electrons. The Labute approximate surface area is 162 Å². The van der Waals surface area contributed by atoms with Crippen molar-refractivity contribution in [3.05, 3.63) is 36.7 Å². The van der Waals surface area contributed by atoms with Gasteiger partial charge in [0.2, 0.25) is 0 Å². The molecular formula is C21H30N6. The van der Waals surface area contributed by atoms with Crippen LogP contribution in [0, 0.1) is 5.92 Å². The molecule has 2 aliphatic heterocycles. The molecule has 0 aliphatic carbocycles. The van der Waals surface area contributed by atoms with Crippen LogP contribution >= 0.6 is 0 Å². The summed E-state index contributed by atoms with van der Waals surface area (Å²) in [5.74, 6) is 2.70. The highest BCUT2D eigenvalue weighted by atomic mass is 15.3.